The number of nitrogens with zero attached hydrogens (tertiary/aromatic N) is 1. The number of rotatable bonds is 2. The molecule has 0 aromatic rings. The smallest absolute Gasteiger partial charge is 0.230 e. The molecule has 4 heteroatoms. The molecule has 4 nitrogen and oxygen atoms in total. The molecule has 0 spiro atoms. The molecule has 2 aliphatic rings. The fraction of sp³-hybridized carbons (Fsp3) is 0.857. The molecule has 2 rings (SSSR count). The maximum atomic E-state index is 12.3. The predicted octanol–water partition coefficient (Wildman–Crippen LogP) is 1.82. The van der Waals surface area contributed by atoms with Crippen LogP contribution in [0.5, 0.6) is 0 Å². The van der Waals surface area contributed by atoms with Crippen LogP contribution >= 0.6 is 0 Å². The largest absolute Gasteiger partial charge is 0.328 e. The third kappa shape index (κ3) is 2.30. The zero-order valence-corrected chi connectivity index (χ0v) is 11.5. The predicted molar refractivity (Wildman–Crippen MR) is 69.7 cm³/mol. The quantitative estimate of drug-likeness (QED) is 0.762. The molecule has 2 fully saturated rings. The third-order valence-corrected chi connectivity index (χ3v) is 4.40. The van der Waals surface area contributed by atoms with Crippen molar-refractivity contribution in [2.75, 3.05) is 6.54 Å². The Balaban J connectivity index is 2.25. The third-order valence-electron chi connectivity index (χ3n) is 4.40. The molecule has 2 amide bonds. The van der Waals surface area contributed by atoms with E-state index in [2.05, 4.69) is 0 Å². The van der Waals surface area contributed by atoms with Crippen molar-refractivity contribution in [2.45, 2.75) is 64.3 Å². The Morgan fingerprint density at radius 3 is 2.00 bits per heavy atom. The summed E-state index contributed by atoms with van der Waals surface area (Å²) in [4.78, 5) is 26.2. The molecule has 1 aliphatic carbocycles. The van der Waals surface area contributed by atoms with Crippen molar-refractivity contribution in [3.63, 3.8) is 0 Å². The van der Waals surface area contributed by atoms with Crippen LogP contribution in [0.1, 0.15) is 58.8 Å². The highest BCUT2D eigenvalue weighted by atomic mass is 16.2. The van der Waals surface area contributed by atoms with Crippen LogP contribution in [0.2, 0.25) is 0 Å². The Kier molecular flexibility index (Phi) is 3.49. The fourth-order valence-corrected chi connectivity index (χ4v) is 3.44. The van der Waals surface area contributed by atoms with Crippen molar-refractivity contribution in [2.24, 2.45) is 11.1 Å². The molecule has 1 heterocycles. The summed E-state index contributed by atoms with van der Waals surface area (Å²) < 4.78 is 0. The van der Waals surface area contributed by atoms with E-state index in [0.29, 0.717) is 19.4 Å². The molecule has 0 bridgehead atoms. The van der Waals surface area contributed by atoms with Gasteiger partial charge >= 0.3 is 0 Å². The average Bonchev–Trinajstić information content (AvgIpc) is 2.27. The van der Waals surface area contributed by atoms with Crippen LogP contribution in [0, 0.1) is 5.41 Å². The Morgan fingerprint density at radius 2 is 1.56 bits per heavy atom. The topological polar surface area (TPSA) is 63.4 Å². The maximum Gasteiger partial charge on any atom is 0.230 e. The lowest BCUT2D eigenvalue weighted by molar-refractivity contribution is -0.161. The zero-order valence-electron chi connectivity index (χ0n) is 11.5. The zero-order chi connectivity index (χ0) is 13.4. The van der Waals surface area contributed by atoms with Crippen LogP contribution in [-0.2, 0) is 9.59 Å². The van der Waals surface area contributed by atoms with E-state index in [1.807, 2.05) is 13.8 Å². The highest BCUT2D eigenvalue weighted by Crippen LogP contribution is 2.40. The maximum absolute atomic E-state index is 12.3. The van der Waals surface area contributed by atoms with Gasteiger partial charge in [0, 0.05) is 19.4 Å². The Hall–Kier alpha value is -0.900. The molecule has 1 aliphatic heterocycles. The van der Waals surface area contributed by atoms with Gasteiger partial charge in [0.1, 0.15) is 0 Å². The second kappa shape index (κ2) is 4.65. The van der Waals surface area contributed by atoms with E-state index in [9.17, 15) is 9.59 Å². The van der Waals surface area contributed by atoms with Crippen LogP contribution in [0.15, 0.2) is 0 Å². The Morgan fingerprint density at radius 1 is 1.06 bits per heavy atom. The lowest BCUT2D eigenvalue weighted by Gasteiger charge is -2.48. The molecule has 102 valence electrons. The fourth-order valence-electron chi connectivity index (χ4n) is 3.44. The van der Waals surface area contributed by atoms with Crippen molar-refractivity contribution in [3.05, 3.63) is 0 Å². The number of amides is 2. The summed E-state index contributed by atoms with van der Waals surface area (Å²) in [6.45, 7) is 4.37. The van der Waals surface area contributed by atoms with E-state index >= 15 is 0 Å². The summed E-state index contributed by atoms with van der Waals surface area (Å²) in [6, 6.07) is 0. The van der Waals surface area contributed by atoms with E-state index in [1.54, 1.807) is 0 Å². The highest BCUT2D eigenvalue weighted by Gasteiger charge is 2.48. The SMILES string of the molecule is CC1(C)CC(=O)N(C2(CN)CCCCC2)C(=O)C1. The van der Waals surface area contributed by atoms with Crippen LogP contribution in [-0.4, -0.2) is 28.8 Å². The molecule has 0 atom stereocenters. The van der Waals surface area contributed by atoms with Gasteiger partial charge in [0.25, 0.3) is 0 Å². The van der Waals surface area contributed by atoms with Crippen LogP contribution in [0.3, 0.4) is 0 Å². The minimum Gasteiger partial charge on any atom is -0.328 e. The number of hydrogen-bond acceptors (Lipinski definition) is 3. The van der Waals surface area contributed by atoms with Gasteiger partial charge in [-0.05, 0) is 18.3 Å². The first-order valence-electron chi connectivity index (χ1n) is 6.96. The van der Waals surface area contributed by atoms with Gasteiger partial charge in [-0.3, -0.25) is 14.5 Å². The highest BCUT2D eigenvalue weighted by molar-refractivity contribution is 5.99. The van der Waals surface area contributed by atoms with Crippen molar-refractivity contribution in [1.82, 2.24) is 4.90 Å². The first-order valence-corrected chi connectivity index (χ1v) is 6.96. The Bertz CT molecular complexity index is 337. The first kappa shape index (κ1) is 13.5. The second-order valence-electron chi connectivity index (χ2n) is 6.63. The summed E-state index contributed by atoms with van der Waals surface area (Å²) in [7, 11) is 0. The first-order chi connectivity index (χ1) is 8.40. The van der Waals surface area contributed by atoms with Gasteiger partial charge in [-0.1, -0.05) is 33.1 Å². The Labute approximate surface area is 109 Å². The molecule has 2 N–H and O–H groups in total. The van der Waals surface area contributed by atoms with E-state index < -0.39 is 0 Å². The van der Waals surface area contributed by atoms with Crippen LogP contribution in [0.4, 0.5) is 0 Å². The molecule has 0 unspecified atom stereocenters. The van der Waals surface area contributed by atoms with Gasteiger partial charge in [0.05, 0.1) is 5.54 Å². The normalized spacial score (nSPS) is 27.4. The number of likely N-dealkylation sites (tertiary alicyclic amines) is 1. The van der Waals surface area contributed by atoms with E-state index in [0.717, 1.165) is 25.7 Å². The number of piperidine rings is 1. The molecule has 0 aromatic carbocycles. The minimum absolute atomic E-state index is 0.0244. The van der Waals surface area contributed by atoms with Crippen molar-refractivity contribution in [1.29, 1.82) is 0 Å². The number of hydrogen-bond donors (Lipinski definition) is 1. The van der Waals surface area contributed by atoms with Gasteiger partial charge in [-0.15, -0.1) is 0 Å². The molecular formula is C14H24N2O2. The average molecular weight is 252 g/mol. The summed E-state index contributed by atoms with van der Waals surface area (Å²) in [5.41, 5.74) is 5.33. The van der Waals surface area contributed by atoms with Crippen molar-refractivity contribution < 1.29 is 9.59 Å². The van der Waals surface area contributed by atoms with Gasteiger partial charge in [-0.2, -0.15) is 0 Å². The number of carbonyl (C=O) groups excluding carboxylic acids is 2. The molecule has 1 saturated carbocycles. The van der Waals surface area contributed by atoms with Gasteiger partial charge in [0.2, 0.25) is 11.8 Å². The summed E-state index contributed by atoms with van der Waals surface area (Å²) >= 11 is 0. The minimum atomic E-state index is -0.386. The number of imide groups is 1. The van der Waals surface area contributed by atoms with Crippen LogP contribution in [0.25, 0.3) is 0 Å². The monoisotopic (exact) mass is 252 g/mol. The van der Waals surface area contributed by atoms with E-state index in [4.69, 9.17) is 5.73 Å². The summed E-state index contributed by atoms with van der Waals surface area (Å²) in [6.07, 6.45) is 5.99. The van der Waals surface area contributed by atoms with Gasteiger partial charge < -0.3 is 5.73 Å². The lowest BCUT2D eigenvalue weighted by Crippen LogP contribution is -2.62. The molecule has 1 saturated heterocycles. The molecule has 0 aromatic heterocycles. The van der Waals surface area contributed by atoms with Crippen LogP contribution < -0.4 is 5.73 Å². The lowest BCUT2D eigenvalue weighted by atomic mass is 9.75. The summed E-state index contributed by atoms with van der Waals surface area (Å²) in [5, 5.41) is 0. The molecule has 18 heavy (non-hydrogen) atoms. The standard InChI is InChI=1S/C14H24N2O2/c1-13(2)8-11(17)16(12(18)9-13)14(10-15)6-4-3-5-7-14/h3-10,15H2,1-2H3. The summed E-state index contributed by atoms with van der Waals surface area (Å²) in [5.74, 6) is -0.0489. The second-order valence-corrected chi connectivity index (χ2v) is 6.63. The molecule has 0 radical (unpaired) electrons. The van der Waals surface area contributed by atoms with E-state index in [-0.39, 0.29) is 22.8 Å². The van der Waals surface area contributed by atoms with E-state index in [1.165, 1.54) is 11.3 Å². The number of nitrogens with two attached hydrogens (primary N) is 1. The molecular weight excluding hydrogens is 228 g/mol. The van der Waals surface area contributed by atoms with Gasteiger partial charge in [0.15, 0.2) is 0 Å². The van der Waals surface area contributed by atoms with Crippen molar-refractivity contribution in [3.8, 4) is 0 Å². The number of carbonyl (C=O) groups is 2. The van der Waals surface area contributed by atoms with Gasteiger partial charge in [-0.25, -0.2) is 0 Å². The van der Waals surface area contributed by atoms with Crippen molar-refractivity contribution >= 4 is 11.8 Å².